The molecule has 1 aromatic heterocycles. The third-order valence-corrected chi connectivity index (χ3v) is 3.02. The number of nitrogens with zero attached hydrogens (tertiary/aromatic N) is 1. The molecule has 1 aromatic carbocycles. The molecule has 1 heterocycles. The number of hydrogen-bond donors (Lipinski definition) is 1. The molecule has 0 aliphatic heterocycles. The zero-order valence-electron chi connectivity index (χ0n) is 10.1. The molecule has 2 nitrogen and oxygen atoms in total. The summed E-state index contributed by atoms with van der Waals surface area (Å²) >= 11 is 0. The minimum Gasteiger partial charge on any atom is -0.347 e. The van der Waals surface area contributed by atoms with Crippen LogP contribution in [0, 0.1) is 5.92 Å². The second-order valence-corrected chi connectivity index (χ2v) is 4.79. The van der Waals surface area contributed by atoms with Crippen LogP contribution in [0.4, 0.5) is 0 Å². The van der Waals surface area contributed by atoms with Crippen molar-refractivity contribution in [2.45, 2.75) is 33.4 Å². The van der Waals surface area contributed by atoms with Crippen LogP contribution in [0.5, 0.6) is 0 Å². The Balaban J connectivity index is 2.30. The first-order valence-corrected chi connectivity index (χ1v) is 5.98. The molecular formula is C14H20N2. The molecule has 0 bridgehead atoms. The minimum absolute atomic E-state index is 0.616. The van der Waals surface area contributed by atoms with Gasteiger partial charge in [-0.2, -0.15) is 0 Å². The van der Waals surface area contributed by atoms with Gasteiger partial charge in [-0.05, 0) is 35.4 Å². The average molecular weight is 216 g/mol. The van der Waals surface area contributed by atoms with Gasteiger partial charge in [0.2, 0.25) is 0 Å². The van der Waals surface area contributed by atoms with Crippen LogP contribution >= 0.6 is 0 Å². The Morgan fingerprint density at radius 3 is 2.75 bits per heavy atom. The van der Waals surface area contributed by atoms with Gasteiger partial charge in [0.15, 0.2) is 0 Å². The molecule has 0 aliphatic rings. The number of nitrogens with two attached hydrogens (primary N) is 1. The average Bonchev–Trinajstić information content (AvgIpc) is 2.68. The number of fused-ring (bicyclic) bond motifs is 1. The van der Waals surface area contributed by atoms with Gasteiger partial charge < -0.3 is 10.3 Å². The molecule has 0 spiro atoms. The van der Waals surface area contributed by atoms with E-state index in [-0.39, 0.29) is 0 Å². The van der Waals surface area contributed by atoms with E-state index in [1.54, 1.807) is 0 Å². The monoisotopic (exact) mass is 216 g/mol. The lowest BCUT2D eigenvalue weighted by Crippen LogP contribution is -2.01. The van der Waals surface area contributed by atoms with E-state index < -0.39 is 0 Å². The van der Waals surface area contributed by atoms with Gasteiger partial charge in [-0.25, -0.2) is 0 Å². The largest absolute Gasteiger partial charge is 0.347 e. The Hall–Kier alpha value is -1.28. The van der Waals surface area contributed by atoms with E-state index in [0.717, 1.165) is 12.5 Å². The van der Waals surface area contributed by atoms with E-state index in [1.807, 2.05) is 0 Å². The van der Waals surface area contributed by atoms with Gasteiger partial charge in [-0.1, -0.05) is 26.0 Å². The first kappa shape index (κ1) is 11.2. The standard InChI is InChI=1S/C14H20N2/c1-11(2)5-7-16-8-6-13-4-3-12(10-15)9-14(13)16/h3-4,6,8-9,11H,5,7,10,15H2,1-2H3. The predicted molar refractivity (Wildman–Crippen MR) is 69.3 cm³/mol. The van der Waals surface area contributed by atoms with Crippen LogP contribution in [0.2, 0.25) is 0 Å². The van der Waals surface area contributed by atoms with E-state index in [9.17, 15) is 0 Å². The van der Waals surface area contributed by atoms with Gasteiger partial charge in [-0.15, -0.1) is 0 Å². The summed E-state index contributed by atoms with van der Waals surface area (Å²) in [5.41, 5.74) is 8.19. The topological polar surface area (TPSA) is 30.9 Å². The number of aromatic nitrogens is 1. The third kappa shape index (κ3) is 2.27. The van der Waals surface area contributed by atoms with Crippen LogP contribution in [0.25, 0.3) is 10.9 Å². The summed E-state index contributed by atoms with van der Waals surface area (Å²) in [6, 6.07) is 8.64. The van der Waals surface area contributed by atoms with Gasteiger partial charge in [0, 0.05) is 24.8 Å². The quantitative estimate of drug-likeness (QED) is 0.836. The molecule has 2 N–H and O–H groups in total. The Bertz CT molecular complexity index is 469. The minimum atomic E-state index is 0.616. The van der Waals surface area contributed by atoms with Crippen molar-refractivity contribution < 1.29 is 0 Å². The number of aryl methyl sites for hydroxylation is 1. The molecule has 0 saturated heterocycles. The molecule has 2 rings (SSSR count). The van der Waals surface area contributed by atoms with E-state index in [2.05, 4.69) is 48.9 Å². The molecule has 0 radical (unpaired) electrons. The van der Waals surface area contributed by atoms with Gasteiger partial charge in [-0.3, -0.25) is 0 Å². The van der Waals surface area contributed by atoms with Crippen molar-refractivity contribution in [3.05, 3.63) is 36.0 Å². The summed E-state index contributed by atoms with van der Waals surface area (Å²) in [6.07, 6.45) is 3.39. The second kappa shape index (κ2) is 4.71. The Morgan fingerprint density at radius 2 is 2.06 bits per heavy atom. The summed E-state index contributed by atoms with van der Waals surface area (Å²) in [5.74, 6) is 0.746. The molecule has 0 amide bonds. The summed E-state index contributed by atoms with van der Waals surface area (Å²) in [4.78, 5) is 0. The molecule has 2 heteroatoms. The fraction of sp³-hybridized carbons (Fsp3) is 0.429. The normalized spacial score (nSPS) is 11.5. The number of hydrogen-bond acceptors (Lipinski definition) is 1. The van der Waals surface area contributed by atoms with Crippen molar-refractivity contribution in [3.63, 3.8) is 0 Å². The maximum Gasteiger partial charge on any atom is 0.0483 e. The van der Waals surface area contributed by atoms with Crippen molar-refractivity contribution >= 4 is 10.9 Å². The Kier molecular flexibility index (Phi) is 3.30. The van der Waals surface area contributed by atoms with Crippen molar-refractivity contribution in [2.75, 3.05) is 0 Å². The summed E-state index contributed by atoms with van der Waals surface area (Å²) in [6.45, 7) is 6.23. The molecule has 2 aromatic rings. The van der Waals surface area contributed by atoms with Crippen LogP contribution in [-0.4, -0.2) is 4.57 Å². The third-order valence-electron chi connectivity index (χ3n) is 3.02. The van der Waals surface area contributed by atoms with Gasteiger partial charge in [0.05, 0.1) is 0 Å². The van der Waals surface area contributed by atoms with Crippen LogP contribution in [0.1, 0.15) is 25.8 Å². The van der Waals surface area contributed by atoms with Crippen molar-refractivity contribution in [3.8, 4) is 0 Å². The first-order chi connectivity index (χ1) is 7.70. The van der Waals surface area contributed by atoms with Crippen molar-refractivity contribution in [2.24, 2.45) is 11.7 Å². The highest BCUT2D eigenvalue weighted by molar-refractivity contribution is 5.80. The molecule has 0 atom stereocenters. The Morgan fingerprint density at radius 1 is 1.25 bits per heavy atom. The Labute approximate surface area is 97.1 Å². The van der Waals surface area contributed by atoms with Crippen LogP contribution in [-0.2, 0) is 13.1 Å². The lowest BCUT2D eigenvalue weighted by atomic mass is 10.1. The highest BCUT2D eigenvalue weighted by Gasteiger charge is 2.02. The molecular weight excluding hydrogens is 196 g/mol. The smallest absolute Gasteiger partial charge is 0.0483 e. The molecule has 0 unspecified atom stereocenters. The molecule has 86 valence electrons. The highest BCUT2D eigenvalue weighted by Crippen LogP contribution is 2.18. The van der Waals surface area contributed by atoms with E-state index >= 15 is 0 Å². The zero-order valence-corrected chi connectivity index (χ0v) is 10.1. The lowest BCUT2D eigenvalue weighted by molar-refractivity contribution is 0.524. The number of rotatable bonds is 4. The molecule has 0 fully saturated rings. The zero-order chi connectivity index (χ0) is 11.5. The van der Waals surface area contributed by atoms with Crippen LogP contribution < -0.4 is 5.73 Å². The van der Waals surface area contributed by atoms with Crippen LogP contribution in [0.3, 0.4) is 0 Å². The molecule has 0 aliphatic carbocycles. The predicted octanol–water partition coefficient (Wildman–Crippen LogP) is 3.15. The van der Waals surface area contributed by atoms with E-state index in [1.165, 1.54) is 22.9 Å². The fourth-order valence-electron chi connectivity index (χ4n) is 1.95. The summed E-state index contributed by atoms with van der Waals surface area (Å²) in [5, 5.41) is 1.31. The molecule has 16 heavy (non-hydrogen) atoms. The van der Waals surface area contributed by atoms with Gasteiger partial charge in [0.1, 0.15) is 0 Å². The van der Waals surface area contributed by atoms with Crippen molar-refractivity contribution in [1.82, 2.24) is 4.57 Å². The maximum absolute atomic E-state index is 5.67. The van der Waals surface area contributed by atoms with E-state index in [4.69, 9.17) is 5.73 Å². The van der Waals surface area contributed by atoms with E-state index in [0.29, 0.717) is 6.54 Å². The second-order valence-electron chi connectivity index (χ2n) is 4.79. The highest BCUT2D eigenvalue weighted by atomic mass is 14.9. The SMILES string of the molecule is CC(C)CCn1ccc2ccc(CN)cc21. The van der Waals surface area contributed by atoms with Crippen LogP contribution in [0.15, 0.2) is 30.5 Å². The fourth-order valence-corrected chi connectivity index (χ4v) is 1.95. The van der Waals surface area contributed by atoms with Gasteiger partial charge in [0.25, 0.3) is 0 Å². The number of benzene rings is 1. The summed E-state index contributed by atoms with van der Waals surface area (Å²) < 4.78 is 2.33. The lowest BCUT2D eigenvalue weighted by Gasteiger charge is -2.08. The first-order valence-electron chi connectivity index (χ1n) is 5.98. The molecule has 0 saturated carbocycles. The van der Waals surface area contributed by atoms with Crippen molar-refractivity contribution in [1.29, 1.82) is 0 Å². The van der Waals surface area contributed by atoms with Gasteiger partial charge >= 0.3 is 0 Å². The summed E-state index contributed by atoms with van der Waals surface area (Å²) in [7, 11) is 0. The maximum atomic E-state index is 5.67.